The quantitative estimate of drug-likeness (QED) is 0.776. The van der Waals surface area contributed by atoms with Crippen LogP contribution < -0.4 is 0 Å². The molecule has 2 aliphatic rings. The zero-order valence-corrected chi connectivity index (χ0v) is 9.83. The Morgan fingerprint density at radius 3 is 2.27 bits per heavy atom. The molecule has 0 spiro atoms. The van der Waals surface area contributed by atoms with Gasteiger partial charge in [-0.3, -0.25) is 4.79 Å². The van der Waals surface area contributed by atoms with Crippen molar-refractivity contribution in [3.8, 4) is 0 Å². The van der Waals surface area contributed by atoms with E-state index in [9.17, 15) is 4.79 Å². The molecule has 0 amide bonds. The molecule has 0 heterocycles. The lowest BCUT2D eigenvalue weighted by molar-refractivity contribution is -0.137. The average Bonchev–Trinajstić information content (AvgIpc) is 2.34. The maximum absolute atomic E-state index is 10.6. The van der Waals surface area contributed by atoms with Gasteiger partial charge in [0.05, 0.1) is 0 Å². The number of aliphatic carboxylic acids is 1. The van der Waals surface area contributed by atoms with Crippen LogP contribution in [0.2, 0.25) is 0 Å². The highest BCUT2D eigenvalue weighted by atomic mass is 16.4. The predicted molar refractivity (Wildman–Crippen MR) is 59.6 cm³/mol. The molecule has 1 N–H and O–H groups in total. The summed E-state index contributed by atoms with van der Waals surface area (Å²) in [5, 5.41) is 8.74. The third-order valence-corrected chi connectivity index (χ3v) is 4.44. The predicted octanol–water partition coefficient (Wildman–Crippen LogP) is 3.31. The van der Waals surface area contributed by atoms with Crippen molar-refractivity contribution in [1.29, 1.82) is 0 Å². The molecule has 86 valence electrons. The van der Waals surface area contributed by atoms with Gasteiger partial charge in [-0.15, -0.1) is 0 Å². The first-order chi connectivity index (χ1) is 6.98. The Morgan fingerprint density at radius 2 is 1.80 bits per heavy atom. The first-order valence-corrected chi connectivity index (χ1v) is 6.20. The first-order valence-electron chi connectivity index (χ1n) is 6.20. The van der Waals surface area contributed by atoms with Crippen molar-refractivity contribution in [1.82, 2.24) is 0 Å². The molecule has 0 aromatic rings. The fourth-order valence-corrected chi connectivity index (χ4v) is 4.01. The van der Waals surface area contributed by atoms with Crippen molar-refractivity contribution in [3.05, 3.63) is 0 Å². The van der Waals surface area contributed by atoms with E-state index >= 15 is 0 Å². The first kappa shape index (κ1) is 11.0. The molecular formula is C13H22O2. The highest BCUT2D eigenvalue weighted by Gasteiger charge is 2.45. The SMILES string of the molecule is CC1(C)CC2CCC(C1)C2CCC(=O)O. The molecule has 0 aromatic heterocycles. The van der Waals surface area contributed by atoms with Crippen molar-refractivity contribution in [2.45, 2.75) is 52.4 Å². The molecule has 2 saturated carbocycles. The van der Waals surface area contributed by atoms with Crippen LogP contribution in [0.25, 0.3) is 0 Å². The van der Waals surface area contributed by atoms with Crippen LogP contribution in [0.4, 0.5) is 0 Å². The minimum atomic E-state index is -0.626. The smallest absolute Gasteiger partial charge is 0.303 e. The van der Waals surface area contributed by atoms with Crippen LogP contribution >= 0.6 is 0 Å². The Bertz CT molecular complexity index is 241. The maximum atomic E-state index is 10.6. The summed E-state index contributed by atoms with van der Waals surface area (Å²) >= 11 is 0. The van der Waals surface area contributed by atoms with Gasteiger partial charge in [0.1, 0.15) is 0 Å². The molecule has 2 rings (SSSR count). The molecule has 0 aliphatic heterocycles. The maximum Gasteiger partial charge on any atom is 0.303 e. The lowest BCUT2D eigenvalue weighted by Crippen LogP contribution is -2.31. The molecule has 2 unspecified atom stereocenters. The van der Waals surface area contributed by atoms with Gasteiger partial charge in [-0.2, -0.15) is 0 Å². The second kappa shape index (κ2) is 3.80. The fourth-order valence-electron chi connectivity index (χ4n) is 4.01. The Kier molecular flexibility index (Phi) is 2.78. The monoisotopic (exact) mass is 210 g/mol. The number of hydrogen-bond donors (Lipinski definition) is 1. The standard InChI is InChI=1S/C13H22O2/c1-13(2)7-9-3-4-10(8-13)11(9)5-6-12(14)15/h9-11H,3-8H2,1-2H3,(H,14,15). The summed E-state index contributed by atoms with van der Waals surface area (Å²) in [7, 11) is 0. The van der Waals surface area contributed by atoms with Crippen LogP contribution in [0, 0.1) is 23.2 Å². The summed E-state index contributed by atoms with van der Waals surface area (Å²) in [6, 6.07) is 0. The van der Waals surface area contributed by atoms with Gasteiger partial charge in [0, 0.05) is 6.42 Å². The summed E-state index contributed by atoms with van der Waals surface area (Å²) in [5.41, 5.74) is 0.506. The normalized spacial score (nSPS) is 37.9. The molecule has 0 saturated heterocycles. The fraction of sp³-hybridized carbons (Fsp3) is 0.923. The van der Waals surface area contributed by atoms with Gasteiger partial charge in [0.15, 0.2) is 0 Å². The Hall–Kier alpha value is -0.530. The topological polar surface area (TPSA) is 37.3 Å². The van der Waals surface area contributed by atoms with Crippen molar-refractivity contribution in [2.24, 2.45) is 23.2 Å². The van der Waals surface area contributed by atoms with Gasteiger partial charge in [-0.05, 0) is 55.3 Å². The van der Waals surface area contributed by atoms with E-state index in [4.69, 9.17) is 5.11 Å². The highest BCUT2D eigenvalue weighted by Crippen LogP contribution is 2.54. The van der Waals surface area contributed by atoms with E-state index in [2.05, 4.69) is 13.8 Å². The van der Waals surface area contributed by atoms with Gasteiger partial charge in [0.25, 0.3) is 0 Å². The van der Waals surface area contributed by atoms with E-state index in [-0.39, 0.29) is 0 Å². The summed E-state index contributed by atoms with van der Waals surface area (Å²) in [5.74, 6) is 1.73. The van der Waals surface area contributed by atoms with Crippen molar-refractivity contribution < 1.29 is 9.90 Å². The number of carboxylic acid groups (broad SMARTS) is 1. The van der Waals surface area contributed by atoms with Gasteiger partial charge >= 0.3 is 5.97 Å². The lowest BCUT2D eigenvalue weighted by atomic mass is 9.65. The van der Waals surface area contributed by atoms with E-state index in [1.165, 1.54) is 25.7 Å². The van der Waals surface area contributed by atoms with Crippen LogP contribution in [-0.2, 0) is 4.79 Å². The molecular weight excluding hydrogens is 188 g/mol. The van der Waals surface area contributed by atoms with E-state index < -0.39 is 5.97 Å². The Morgan fingerprint density at radius 1 is 1.27 bits per heavy atom. The molecule has 2 nitrogen and oxygen atoms in total. The second-order valence-electron chi connectivity index (χ2n) is 6.27. The van der Waals surface area contributed by atoms with Crippen LogP contribution in [-0.4, -0.2) is 11.1 Å². The zero-order chi connectivity index (χ0) is 11.1. The van der Waals surface area contributed by atoms with Crippen molar-refractivity contribution in [3.63, 3.8) is 0 Å². The van der Waals surface area contributed by atoms with Crippen LogP contribution in [0.1, 0.15) is 52.4 Å². The molecule has 2 heteroatoms. The number of hydrogen-bond acceptors (Lipinski definition) is 1. The van der Waals surface area contributed by atoms with Crippen molar-refractivity contribution >= 4 is 5.97 Å². The van der Waals surface area contributed by atoms with E-state index in [1.807, 2.05) is 0 Å². The molecule has 2 fully saturated rings. The molecule has 2 bridgehead atoms. The minimum absolute atomic E-state index is 0.373. The average molecular weight is 210 g/mol. The third-order valence-electron chi connectivity index (χ3n) is 4.44. The number of fused-ring (bicyclic) bond motifs is 2. The summed E-state index contributed by atoms with van der Waals surface area (Å²) in [6.45, 7) is 4.73. The molecule has 15 heavy (non-hydrogen) atoms. The summed E-state index contributed by atoms with van der Waals surface area (Å²) < 4.78 is 0. The summed E-state index contributed by atoms with van der Waals surface area (Å²) in [4.78, 5) is 10.6. The van der Waals surface area contributed by atoms with Crippen molar-refractivity contribution in [2.75, 3.05) is 0 Å². The van der Waals surface area contributed by atoms with Gasteiger partial charge in [0.2, 0.25) is 0 Å². The van der Waals surface area contributed by atoms with Gasteiger partial charge in [-0.25, -0.2) is 0 Å². The second-order valence-corrected chi connectivity index (χ2v) is 6.27. The number of carbonyl (C=O) groups is 1. The van der Waals surface area contributed by atoms with E-state index in [1.54, 1.807) is 0 Å². The molecule has 0 aromatic carbocycles. The lowest BCUT2D eigenvalue weighted by Gasteiger charge is -2.40. The van der Waals surface area contributed by atoms with Gasteiger partial charge < -0.3 is 5.11 Å². The minimum Gasteiger partial charge on any atom is -0.481 e. The largest absolute Gasteiger partial charge is 0.481 e. The molecule has 2 atom stereocenters. The molecule has 2 aliphatic carbocycles. The van der Waals surface area contributed by atoms with E-state index in [0.29, 0.717) is 17.8 Å². The highest BCUT2D eigenvalue weighted by molar-refractivity contribution is 5.66. The Labute approximate surface area is 92.1 Å². The van der Waals surface area contributed by atoms with Crippen LogP contribution in [0.5, 0.6) is 0 Å². The summed E-state index contributed by atoms with van der Waals surface area (Å²) in [6.07, 6.45) is 6.61. The van der Waals surface area contributed by atoms with Gasteiger partial charge in [-0.1, -0.05) is 13.8 Å². The van der Waals surface area contributed by atoms with Crippen LogP contribution in [0.3, 0.4) is 0 Å². The van der Waals surface area contributed by atoms with E-state index in [0.717, 1.165) is 18.3 Å². The molecule has 0 radical (unpaired) electrons. The number of carboxylic acids is 1. The third kappa shape index (κ3) is 2.35. The van der Waals surface area contributed by atoms with Crippen LogP contribution in [0.15, 0.2) is 0 Å². The zero-order valence-electron chi connectivity index (χ0n) is 9.83. The Balaban J connectivity index is 1.96. The number of rotatable bonds is 3.